The van der Waals surface area contributed by atoms with E-state index in [1.165, 1.54) is 6.07 Å². The number of hydrogen-bond donors (Lipinski definition) is 1. The zero-order chi connectivity index (χ0) is 18.4. The lowest BCUT2D eigenvalue weighted by molar-refractivity contribution is -0.119. The van der Waals surface area contributed by atoms with Gasteiger partial charge in [0.2, 0.25) is 5.91 Å². The van der Waals surface area contributed by atoms with Crippen molar-refractivity contribution in [1.29, 1.82) is 0 Å². The molecule has 134 valence electrons. The van der Waals surface area contributed by atoms with Gasteiger partial charge in [-0.05, 0) is 48.7 Å². The molecule has 1 amide bonds. The molecule has 2 rings (SSSR count). The molecule has 4 nitrogen and oxygen atoms in total. The van der Waals surface area contributed by atoms with Crippen LogP contribution in [0.15, 0.2) is 57.9 Å². The highest BCUT2D eigenvalue weighted by molar-refractivity contribution is 9.10. The highest BCUT2D eigenvalue weighted by Crippen LogP contribution is 2.20. The monoisotopic (exact) mass is 423 g/mol. The molecule has 0 spiro atoms. The Hall–Kier alpha value is -1.66. The molecule has 25 heavy (non-hydrogen) atoms. The van der Waals surface area contributed by atoms with Gasteiger partial charge >= 0.3 is 0 Å². The number of benzene rings is 2. The van der Waals surface area contributed by atoms with Crippen LogP contribution in [-0.2, 0) is 21.1 Å². The normalized spacial score (nSPS) is 12.6. The summed E-state index contributed by atoms with van der Waals surface area (Å²) in [6, 6.07) is 14.3. The SMILES string of the molecule is CCC(Cc1cccc(Br)c1)C(=O)Nc1cccc(S(=O)(=O)CC)c1. The molecule has 0 radical (unpaired) electrons. The molecule has 0 fully saturated rings. The van der Waals surface area contributed by atoms with Crippen LogP contribution in [0.5, 0.6) is 0 Å². The lowest BCUT2D eigenvalue weighted by Crippen LogP contribution is -2.24. The average Bonchev–Trinajstić information content (AvgIpc) is 2.60. The van der Waals surface area contributed by atoms with Crippen molar-refractivity contribution in [2.75, 3.05) is 11.1 Å². The lowest BCUT2D eigenvalue weighted by Gasteiger charge is -2.16. The van der Waals surface area contributed by atoms with Crippen molar-refractivity contribution in [3.8, 4) is 0 Å². The first-order chi connectivity index (χ1) is 11.9. The molecular formula is C19H22BrNO3S. The molecule has 2 aromatic rings. The van der Waals surface area contributed by atoms with E-state index in [-0.39, 0.29) is 22.5 Å². The summed E-state index contributed by atoms with van der Waals surface area (Å²) in [6.07, 6.45) is 1.33. The van der Waals surface area contributed by atoms with Gasteiger partial charge in [-0.2, -0.15) is 0 Å². The van der Waals surface area contributed by atoms with Gasteiger partial charge in [0.25, 0.3) is 0 Å². The van der Waals surface area contributed by atoms with E-state index in [0.717, 1.165) is 10.0 Å². The van der Waals surface area contributed by atoms with E-state index < -0.39 is 9.84 Å². The van der Waals surface area contributed by atoms with Crippen molar-refractivity contribution in [1.82, 2.24) is 0 Å². The molecule has 1 atom stereocenters. The summed E-state index contributed by atoms with van der Waals surface area (Å²) in [7, 11) is -3.29. The highest BCUT2D eigenvalue weighted by Gasteiger charge is 2.18. The third-order valence-electron chi connectivity index (χ3n) is 4.08. The van der Waals surface area contributed by atoms with Crippen LogP contribution in [0.1, 0.15) is 25.8 Å². The Kier molecular flexibility index (Phi) is 6.79. The van der Waals surface area contributed by atoms with Crippen molar-refractivity contribution in [3.05, 3.63) is 58.6 Å². The lowest BCUT2D eigenvalue weighted by atomic mass is 9.96. The molecule has 2 aromatic carbocycles. The van der Waals surface area contributed by atoms with Crippen LogP contribution in [0.2, 0.25) is 0 Å². The van der Waals surface area contributed by atoms with Crippen molar-refractivity contribution in [2.45, 2.75) is 31.6 Å². The fourth-order valence-electron chi connectivity index (χ4n) is 2.55. The van der Waals surface area contributed by atoms with E-state index in [9.17, 15) is 13.2 Å². The van der Waals surface area contributed by atoms with Gasteiger partial charge in [0, 0.05) is 16.1 Å². The van der Waals surface area contributed by atoms with Crippen molar-refractivity contribution < 1.29 is 13.2 Å². The maximum Gasteiger partial charge on any atom is 0.227 e. The van der Waals surface area contributed by atoms with Crippen LogP contribution in [-0.4, -0.2) is 20.1 Å². The second kappa shape index (κ2) is 8.63. The van der Waals surface area contributed by atoms with Gasteiger partial charge in [-0.3, -0.25) is 4.79 Å². The molecule has 0 aromatic heterocycles. The maximum atomic E-state index is 12.6. The second-order valence-electron chi connectivity index (χ2n) is 5.86. The fraction of sp³-hybridized carbons (Fsp3) is 0.316. The fourth-order valence-corrected chi connectivity index (χ4v) is 3.92. The molecule has 0 aliphatic carbocycles. The molecule has 0 aliphatic rings. The number of rotatable bonds is 7. The highest BCUT2D eigenvalue weighted by atomic mass is 79.9. The third kappa shape index (κ3) is 5.41. The quantitative estimate of drug-likeness (QED) is 0.715. The van der Waals surface area contributed by atoms with Crippen LogP contribution in [0, 0.1) is 5.92 Å². The van der Waals surface area contributed by atoms with Gasteiger partial charge < -0.3 is 5.32 Å². The minimum Gasteiger partial charge on any atom is -0.326 e. The minimum absolute atomic E-state index is 0.0326. The van der Waals surface area contributed by atoms with E-state index >= 15 is 0 Å². The minimum atomic E-state index is -3.29. The summed E-state index contributed by atoms with van der Waals surface area (Å²) >= 11 is 3.44. The largest absolute Gasteiger partial charge is 0.326 e. The number of anilines is 1. The van der Waals surface area contributed by atoms with Gasteiger partial charge in [-0.1, -0.05) is 48.0 Å². The zero-order valence-corrected chi connectivity index (χ0v) is 16.7. The van der Waals surface area contributed by atoms with Crippen molar-refractivity contribution in [2.24, 2.45) is 5.92 Å². The van der Waals surface area contributed by atoms with E-state index in [1.807, 2.05) is 31.2 Å². The van der Waals surface area contributed by atoms with Gasteiger partial charge in [0.15, 0.2) is 9.84 Å². The number of halogens is 1. The molecule has 1 unspecified atom stereocenters. The van der Waals surface area contributed by atoms with Crippen molar-refractivity contribution >= 4 is 37.4 Å². The maximum absolute atomic E-state index is 12.6. The van der Waals surface area contributed by atoms with Crippen molar-refractivity contribution in [3.63, 3.8) is 0 Å². The molecule has 0 heterocycles. The Morgan fingerprint density at radius 1 is 1.12 bits per heavy atom. The second-order valence-corrected chi connectivity index (χ2v) is 9.05. The van der Waals surface area contributed by atoms with Gasteiger partial charge in [0.1, 0.15) is 0 Å². The number of nitrogens with one attached hydrogen (secondary N) is 1. The van der Waals surface area contributed by atoms with E-state index in [0.29, 0.717) is 18.5 Å². The zero-order valence-electron chi connectivity index (χ0n) is 14.3. The number of amides is 1. The van der Waals surface area contributed by atoms with Crippen LogP contribution >= 0.6 is 15.9 Å². The first-order valence-electron chi connectivity index (χ1n) is 8.23. The predicted octanol–water partition coefficient (Wildman–Crippen LogP) is 4.45. The summed E-state index contributed by atoms with van der Waals surface area (Å²) in [5, 5.41) is 2.85. The summed E-state index contributed by atoms with van der Waals surface area (Å²) in [6.45, 7) is 3.58. The summed E-state index contributed by atoms with van der Waals surface area (Å²) < 4.78 is 25.0. The van der Waals surface area contributed by atoms with Crippen LogP contribution in [0.3, 0.4) is 0 Å². The van der Waals surface area contributed by atoms with Crippen LogP contribution in [0.25, 0.3) is 0 Å². The third-order valence-corrected chi connectivity index (χ3v) is 6.30. The summed E-state index contributed by atoms with van der Waals surface area (Å²) in [5.41, 5.74) is 1.59. The number of sulfone groups is 1. The Bertz CT molecular complexity index is 849. The summed E-state index contributed by atoms with van der Waals surface area (Å²) in [4.78, 5) is 12.8. The molecule has 0 bridgehead atoms. The number of carbonyl (C=O) groups excluding carboxylic acids is 1. The molecule has 0 aliphatic heterocycles. The van der Waals surface area contributed by atoms with E-state index in [2.05, 4.69) is 21.2 Å². The Morgan fingerprint density at radius 2 is 1.84 bits per heavy atom. The number of hydrogen-bond acceptors (Lipinski definition) is 3. The standard InChI is InChI=1S/C19H22BrNO3S/c1-3-15(11-14-7-5-8-16(20)12-14)19(22)21-17-9-6-10-18(13-17)25(23,24)4-2/h5-10,12-13,15H,3-4,11H2,1-2H3,(H,21,22). The summed E-state index contributed by atoms with van der Waals surface area (Å²) in [5.74, 6) is -0.250. The Balaban J connectivity index is 2.13. The Labute approximate surface area is 157 Å². The average molecular weight is 424 g/mol. The predicted molar refractivity (Wildman–Crippen MR) is 104 cm³/mol. The first kappa shape index (κ1) is 19.7. The van der Waals surface area contributed by atoms with Gasteiger partial charge in [-0.25, -0.2) is 8.42 Å². The van der Waals surface area contributed by atoms with Gasteiger partial charge in [-0.15, -0.1) is 0 Å². The first-order valence-corrected chi connectivity index (χ1v) is 10.7. The topological polar surface area (TPSA) is 63.2 Å². The number of carbonyl (C=O) groups is 1. The van der Waals surface area contributed by atoms with Crippen LogP contribution < -0.4 is 5.32 Å². The Morgan fingerprint density at radius 3 is 2.48 bits per heavy atom. The van der Waals surface area contributed by atoms with Gasteiger partial charge in [0.05, 0.1) is 10.6 Å². The molecule has 0 saturated heterocycles. The molecule has 6 heteroatoms. The molecular weight excluding hydrogens is 402 g/mol. The van der Waals surface area contributed by atoms with E-state index in [1.54, 1.807) is 25.1 Å². The smallest absolute Gasteiger partial charge is 0.227 e. The molecule has 1 N–H and O–H groups in total. The van der Waals surface area contributed by atoms with E-state index in [4.69, 9.17) is 0 Å². The van der Waals surface area contributed by atoms with Crippen LogP contribution in [0.4, 0.5) is 5.69 Å². The molecule has 0 saturated carbocycles.